The molecule has 1 aromatic rings. The topological polar surface area (TPSA) is 109 Å². The van der Waals surface area contributed by atoms with Gasteiger partial charge in [-0.25, -0.2) is 9.59 Å². The van der Waals surface area contributed by atoms with Crippen LogP contribution in [0.5, 0.6) is 17.2 Å². The molecular formula is C23H36N2O7. The number of carboxylic acid groups (broad SMARTS) is 2. The van der Waals surface area contributed by atoms with Gasteiger partial charge in [-0.3, -0.25) is 9.80 Å². The van der Waals surface area contributed by atoms with Crippen LogP contribution in [0, 0.1) is 5.92 Å². The minimum atomic E-state index is -1.82. The van der Waals surface area contributed by atoms with E-state index in [0.717, 1.165) is 42.9 Å². The number of hydrogen-bond acceptors (Lipinski definition) is 7. The summed E-state index contributed by atoms with van der Waals surface area (Å²) < 4.78 is 16.5. The first-order valence-corrected chi connectivity index (χ1v) is 11.0. The maximum Gasteiger partial charge on any atom is 0.414 e. The van der Waals surface area contributed by atoms with Crippen molar-refractivity contribution in [1.29, 1.82) is 0 Å². The number of benzene rings is 1. The van der Waals surface area contributed by atoms with E-state index in [2.05, 4.69) is 22.8 Å². The molecule has 2 fully saturated rings. The minimum Gasteiger partial charge on any atom is -0.493 e. The van der Waals surface area contributed by atoms with E-state index < -0.39 is 11.9 Å². The van der Waals surface area contributed by atoms with Crippen LogP contribution in [-0.4, -0.2) is 85.5 Å². The molecule has 2 aliphatic rings. The van der Waals surface area contributed by atoms with E-state index in [9.17, 15) is 0 Å². The van der Waals surface area contributed by atoms with Gasteiger partial charge in [0.15, 0.2) is 11.5 Å². The zero-order valence-electron chi connectivity index (χ0n) is 19.5. The van der Waals surface area contributed by atoms with E-state index in [4.69, 9.17) is 34.0 Å². The van der Waals surface area contributed by atoms with Gasteiger partial charge in [-0.2, -0.15) is 0 Å². The molecule has 1 aliphatic heterocycles. The Morgan fingerprint density at radius 1 is 0.906 bits per heavy atom. The smallest absolute Gasteiger partial charge is 0.414 e. The van der Waals surface area contributed by atoms with Crippen LogP contribution in [0.2, 0.25) is 0 Å². The van der Waals surface area contributed by atoms with Crippen LogP contribution in [0.1, 0.15) is 38.2 Å². The van der Waals surface area contributed by atoms with Gasteiger partial charge in [0.1, 0.15) is 0 Å². The number of aliphatic carboxylic acids is 2. The number of carbonyl (C=O) groups is 2. The molecular weight excluding hydrogens is 416 g/mol. The van der Waals surface area contributed by atoms with E-state index in [1.807, 2.05) is 6.07 Å². The number of ether oxygens (including phenoxy) is 3. The lowest BCUT2D eigenvalue weighted by Gasteiger charge is -2.43. The molecule has 0 amide bonds. The highest BCUT2D eigenvalue weighted by atomic mass is 16.5. The summed E-state index contributed by atoms with van der Waals surface area (Å²) in [6.07, 6.45) is 5.59. The van der Waals surface area contributed by atoms with Gasteiger partial charge in [0.05, 0.1) is 21.3 Å². The molecule has 2 unspecified atom stereocenters. The Balaban J connectivity index is 0.000000534. The Morgan fingerprint density at radius 2 is 1.50 bits per heavy atom. The number of hydrogen-bond donors (Lipinski definition) is 2. The van der Waals surface area contributed by atoms with Crippen molar-refractivity contribution in [2.45, 2.75) is 45.2 Å². The van der Waals surface area contributed by atoms with Crippen molar-refractivity contribution in [3.63, 3.8) is 0 Å². The molecule has 0 radical (unpaired) electrons. The van der Waals surface area contributed by atoms with Crippen molar-refractivity contribution in [3.05, 3.63) is 17.7 Å². The van der Waals surface area contributed by atoms with Gasteiger partial charge in [0.25, 0.3) is 0 Å². The highest BCUT2D eigenvalue weighted by molar-refractivity contribution is 6.27. The molecule has 1 heterocycles. The number of carboxylic acids is 2. The zero-order chi connectivity index (χ0) is 23.7. The largest absolute Gasteiger partial charge is 0.493 e. The molecule has 2 atom stereocenters. The normalized spacial score (nSPS) is 21.8. The highest BCUT2D eigenvalue weighted by Gasteiger charge is 2.30. The fraction of sp³-hybridized carbons (Fsp3) is 0.652. The summed E-state index contributed by atoms with van der Waals surface area (Å²) >= 11 is 0. The van der Waals surface area contributed by atoms with Crippen molar-refractivity contribution in [1.82, 2.24) is 9.80 Å². The Kier molecular flexibility index (Phi) is 10.1. The molecule has 2 N–H and O–H groups in total. The highest BCUT2D eigenvalue weighted by Crippen LogP contribution is 2.40. The third-order valence-corrected chi connectivity index (χ3v) is 6.30. The van der Waals surface area contributed by atoms with Crippen molar-refractivity contribution < 1.29 is 34.0 Å². The molecule has 9 nitrogen and oxygen atoms in total. The van der Waals surface area contributed by atoms with E-state index in [1.54, 1.807) is 21.3 Å². The first kappa shape index (κ1) is 25.7. The molecule has 0 aromatic heterocycles. The van der Waals surface area contributed by atoms with Crippen LogP contribution in [0.4, 0.5) is 0 Å². The average molecular weight is 453 g/mol. The van der Waals surface area contributed by atoms with Gasteiger partial charge in [-0.1, -0.05) is 25.8 Å². The molecule has 1 saturated carbocycles. The summed E-state index contributed by atoms with van der Waals surface area (Å²) in [5.41, 5.74) is 1.16. The first-order valence-electron chi connectivity index (χ1n) is 11.0. The molecule has 1 aromatic carbocycles. The van der Waals surface area contributed by atoms with Crippen LogP contribution in [0.25, 0.3) is 0 Å². The monoisotopic (exact) mass is 452 g/mol. The third kappa shape index (κ3) is 6.74. The van der Waals surface area contributed by atoms with Crippen LogP contribution in [0.15, 0.2) is 12.1 Å². The fourth-order valence-corrected chi connectivity index (χ4v) is 4.62. The van der Waals surface area contributed by atoms with Crippen molar-refractivity contribution >= 4 is 11.9 Å². The van der Waals surface area contributed by atoms with Crippen molar-refractivity contribution in [3.8, 4) is 17.2 Å². The van der Waals surface area contributed by atoms with Gasteiger partial charge >= 0.3 is 11.9 Å². The molecule has 0 spiro atoms. The third-order valence-electron chi connectivity index (χ3n) is 6.30. The number of nitrogens with zero attached hydrogens (tertiary/aromatic N) is 2. The van der Waals surface area contributed by atoms with Crippen molar-refractivity contribution in [2.75, 3.05) is 47.5 Å². The van der Waals surface area contributed by atoms with Gasteiger partial charge < -0.3 is 24.4 Å². The van der Waals surface area contributed by atoms with Gasteiger partial charge in [0, 0.05) is 44.3 Å². The molecule has 1 aliphatic carbocycles. The molecule has 32 heavy (non-hydrogen) atoms. The molecule has 180 valence electrons. The molecule has 1 saturated heterocycles. The second-order valence-electron chi connectivity index (χ2n) is 8.24. The minimum absolute atomic E-state index is 0.683. The van der Waals surface area contributed by atoms with E-state index in [1.165, 1.54) is 38.8 Å². The van der Waals surface area contributed by atoms with Gasteiger partial charge in [0.2, 0.25) is 5.75 Å². The van der Waals surface area contributed by atoms with Crippen LogP contribution in [-0.2, 0) is 16.1 Å². The summed E-state index contributed by atoms with van der Waals surface area (Å²) in [5.74, 6) is -0.618. The van der Waals surface area contributed by atoms with Crippen LogP contribution >= 0.6 is 0 Å². The maximum atomic E-state index is 9.10. The van der Waals surface area contributed by atoms with Gasteiger partial charge in [-0.05, 0) is 24.8 Å². The Labute approximate surface area is 189 Å². The Hall–Kier alpha value is -2.52. The van der Waals surface area contributed by atoms with E-state index >= 15 is 0 Å². The lowest BCUT2D eigenvalue weighted by Crippen LogP contribution is -2.52. The number of rotatable bonds is 6. The predicted octanol–water partition coefficient (Wildman–Crippen LogP) is 2.56. The van der Waals surface area contributed by atoms with Crippen molar-refractivity contribution in [2.24, 2.45) is 5.92 Å². The van der Waals surface area contributed by atoms with E-state index in [-0.39, 0.29) is 0 Å². The quantitative estimate of drug-likeness (QED) is 0.630. The predicted molar refractivity (Wildman–Crippen MR) is 120 cm³/mol. The van der Waals surface area contributed by atoms with E-state index in [0.29, 0.717) is 11.5 Å². The molecule has 3 rings (SSSR count). The standard InChI is InChI=1S/C21H34N2O3.C2H2O4/c1-16-7-5-6-8-18(16)23-13-11-22(12-14-23)15-17-9-10-19(24-2)21(26-4)20(17)25-3;3-1(4)2(5)6/h9-10,16,18H,5-8,11-15H2,1-4H3;(H,3,4)(H,5,6). The number of piperazine rings is 1. The average Bonchev–Trinajstić information content (AvgIpc) is 2.80. The lowest BCUT2D eigenvalue weighted by atomic mass is 9.84. The SMILES string of the molecule is COc1ccc(CN2CCN(C3CCCCC3C)CC2)c(OC)c1OC.O=C(O)C(=O)O. The summed E-state index contributed by atoms with van der Waals surface area (Å²) in [6.45, 7) is 7.89. The Morgan fingerprint density at radius 3 is 2.00 bits per heavy atom. The Bertz CT molecular complexity index is 751. The van der Waals surface area contributed by atoms with Crippen LogP contribution < -0.4 is 14.2 Å². The number of methoxy groups -OCH3 is 3. The summed E-state index contributed by atoms with van der Waals surface area (Å²) in [6, 6.07) is 4.85. The summed E-state index contributed by atoms with van der Waals surface area (Å²) in [4.78, 5) is 23.4. The molecule has 9 heteroatoms. The molecule has 0 bridgehead atoms. The zero-order valence-corrected chi connectivity index (χ0v) is 19.5. The second kappa shape index (κ2) is 12.5. The van der Waals surface area contributed by atoms with Gasteiger partial charge in [-0.15, -0.1) is 0 Å². The summed E-state index contributed by atoms with van der Waals surface area (Å²) in [7, 11) is 5.01. The lowest BCUT2D eigenvalue weighted by molar-refractivity contribution is -0.159. The summed E-state index contributed by atoms with van der Waals surface area (Å²) in [5, 5.41) is 14.8. The first-order chi connectivity index (χ1) is 15.3. The van der Waals surface area contributed by atoms with Crippen LogP contribution in [0.3, 0.4) is 0 Å². The fourth-order valence-electron chi connectivity index (χ4n) is 4.62. The second-order valence-corrected chi connectivity index (χ2v) is 8.24. The maximum absolute atomic E-state index is 9.10.